The molecule has 0 fully saturated rings. The minimum absolute atomic E-state index is 0.0183. The first-order valence-electron chi connectivity index (χ1n) is 8.90. The molecule has 2 aromatic carbocycles. The predicted molar refractivity (Wildman–Crippen MR) is 125 cm³/mol. The highest BCUT2D eigenvalue weighted by Gasteiger charge is 2.13. The van der Waals surface area contributed by atoms with Crippen molar-refractivity contribution >= 4 is 47.9 Å². The average molecular weight is 405 g/mol. The number of carbonyl (C=O) groups excluding carboxylic acids is 1. The van der Waals surface area contributed by atoms with E-state index in [0.29, 0.717) is 18.5 Å². The van der Waals surface area contributed by atoms with Gasteiger partial charge in [-0.1, -0.05) is 44.2 Å². The van der Waals surface area contributed by atoms with Crippen LogP contribution in [0.4, 0.5) is 5.69 Å². The van der Waals surface area contributed by atoms with Gasteiger partial charge in [0.1, 0.15) is 6.29 Å². The topological polar surface area (TPSA) is 91.3 Å². The first kappa shape index (κ1) is 25.8. The van der Waals surface area contributed by atoms with Crippen LogP contribution < -0.4 is 10.6 Å². The molecule has 154 valence electrons. The van der Waals surface area contributed by atoms with Crippen LogP contribution in [0, 0.1) is 0 Å². The van der Waals surface area contributed by atoms with Crippen LogP contribution in [0.5, 0.6) is 0 Å². The second-order valence-corrected chi connectivity index (χ2v) is 7.35. The van der Waals surface area contributed by atoms with Crippen molar-refractivity contribution in [3.05, 3.63) is 42.0 Å². The lowest BCUT2D eigenvalue weighted by atomic mass is 9.95. The fraction of sp³-hybridized carbons (Fsp3) is 0.381. The summed E-state index contributed by atoms with van der Waals surface area (Å²) in [4.78, 5) is 12.9. The number of hydrogen-bond donors (Lipinski definition) is 2. The van der Waals surface area contributed by atoms with Gasteiger partial charge < -0.3 is 20.5 Å². The zero-order chi connectivity index (χ0) is 21.5. The molecule has 1 atom stereocenters. The molecule has 0 radical (unpaired) electrons. The number of aliphatic hydroxyl groups excluding tert-OH is 1. The van der Waals surface area contributed by atoms with Crippen LogP contribution in [0.25, 0.3) is 10.8 Å². The van der Waals surface area contributed by atoms with Gasteiger partial charge in [-0.25, -0.2) is 0 Å². The third kappa shape index (κ3) is 7.80. The quantitative estimate of drug-likeness (QED) is 0.302. The van der Waals surface area contributed by atoms with Crippen LogP contribution in [0.3, 0.4) is 0 Å². The van der Waals surface area contributed by atoms with E-state index in [4.69, 9.17) is 10.8 Å². The SMILES string of the molecule is C=NN=C.CC(C=O)SCN(CN)c1ccc(C(C)C)c2ccccc12.CO. The van der Waals surface area contributed by atoms with Crippen molar-refractivity contribution in [3.8, 4) is 0 Å². The third-order valence-electron chi connectivity index (χ3n) is 3.90. The van der Waals surface area contributed by atoms with Crippen LogP contribution in [-0.2, 0) is 4.79 Å². The summed E-state index contributed by atoms with van der Waals surface area (Å²) >= 11 is 1.60. The zero-order valence-electron chi connectivity index (χ0n) is 17.2. The number of nitrogens with zero attached hydrogens (tertiary/aromatic N) is 3. The second-order valence-electron chi connectivity index (χ2n) is 6.02. The van der Waals surface area contributed by atoms with Gasteiger partial charge in [-0.15, -0.1) is 11.8 Å². The highest BCUT2D eigenvalue weighted by Crippen LogP contribution is 2.33. The molecule has 28 heavy (non-hydrogen) atoms. The van der Waals surface area contributed by atoms with Crippen molar-refractivity contribution in [1.82, 2.24) is 0 Å². The highest BCUT2D eigenvalue weighted by atomic mass is 32.2. The molecule has 6 nitrogen and oxygen atoms in total. The molecule has 0 amide bonds. The number of anilines is 1. The van der Waals surface area contributed by atoms with Crippen LogP contribution >= 0.6 is 11.8 Å². The zero-order valence-corrected chi connectivity index (χ0v) is 18.0. The lowest BCUT2D eigenvalue weighted by Gasteiger charge is -2.26. The summed E-state index contributed by atoms with van der Waals surface area (Å²) in [6.07, 6.45) is 0.972. The van der Waals surface area contributed by atoms with E-state index in [-0.39, 0.29) is 5.25 Å². The Labute approximate surface area is 172 Å². The first-order chi connectivity index (χ1) is 13.5. The van der Waals surface area contributed by atoms with Gasteiger partial charge in [-0.2, -0.15) is 10.2 Å². The molecule has 0 saturated heterocycles. The standard InChI is InChI=1S/C18H24N2OS.C2H4N2.CH4O/c1-13(2)15-8-9-18(17-7-5-4-6-16(15)17)20(11-19)12-22-14(3)10-21;1-3-4-2;1-2/h4-10,13-14H,11-12,19H2,1-3H3;1-2H2;2H,1H3. The largest absolute Gasteiger partial charge is 0.400 e. The van der Waals surface area contributed by atoms with Crippen LogP contribution in [0.2, 0.25) is 0 Å². The van der Waals surface area contributed by atoms with Gasteiger partial charge in [0.05, 0.1) is 17.8 Å². The maximum absolute atomic E-state index is 10.8. The summed E-state index contributed by atoms with van der Waals surface area (Å²) in [5.41, 5.74) is 8.43. The molecule has 0 aliphatic rings. The predicted octanol–water partition coefficient (Wildman–Crippen LogP) is 3.88. The molecular weight excluding hydrogens is 372 g/mol. The molecule has 0 bridgehead atoms. The fourth-order valence-electron chi connectivity index (χ4n) is 2.55. The summed E-state index contributed by atoms with van der Waals surface area (Å²) < 4.78 is 0. The molecule has 0 heterocycles. The van der Waals surface area contributed by atoms with Gasteiger partial charge in [0.15, 0.2) is 0 Å². The van der Waals surface area contributed by atoms with E-state index in [1.165, 1.54) is 16.3 Å². The average Bonchev–Trinajstić information content (AvgIpc) is 2.75. The highest BCUT2D eigenvalue weighted by molar-refractivity contribution is 8.00. The van der Waals surface area contributed by atoms with E-state index in [0.717, 1.165) is 19.1 Å². The van der Waals surface area contributed by atoms with Crippen molar-refractivity contribution in [2.45, 2.75) is 31.9 Å². The molecule has 0 aliphatic carbocycles. The third-order valence-corrected chi connectivity index (χ3v) is 5.00. The van der Waals surface area contributed by atoms with Crippen molar-refractivity contribution in [3.63, 3.8) is 0 Å². The lowest BCUT2D eigenvalue weighted by molar-refractivity contribution is -0.107. The maximum atomic E-state index is 10.8. The van der Waals surface area contributed by atoms with Crippen molar-refractivity contribution in [2.24, 2.45) is 15.9 Å². The number of aliphatic hydroxyl groups is 1. The molecule has 2 aromatic rings. The van der Waals surface area contributed by atoms with E-state index in [1.807, 2.05) is 6.92 Å². The summed E-state index contributed by atoms with van der Waals surface area (Å²) in [5.74, 6) is 1.19. The Kier molecular flexibility index (Phi) is 13.6. The monoisotopic (exact) mass is 404 g/mol. The fourth-order valence-corrected chi connectivity index (χ4v) is 3.29. The van der Waals surface area contributed by atoms with Gasteiger partial charge in [-0.05, 0) is 29.9 Å². The molecule has 0 aromatic heterocycles. The van der Waals surface area contributed by atoms with E-state index >= 15 is 0 Å². The number of carbonyl (C=O) groups is 1. The van der Waals surface area contributed by atoms with Gasteiger partial charge in [0, 0.05) is 31.6 Å². The first-order valence-corrected chi connectivity index (χ1v) is 9.94. The van der Waals surface area contributed by atoms with Crippen LogP contribution in [0.15, 0.2) is 46.6 Å². The minimum atomic E-state index is -0.0183. The normalized spacial score (nSPS) is 10.8. The van der Waals surface area contributed by atoms with E-state index < -0.39 is 0 Å². The minimum Gasteiger partial charge on any atom is -0.400 e. The smallest absolute Gasteiger partial charge is 0.132 e. The second kappa shape index (κ2) is 14.8. The summed E-state index contributed by atoms with van der Waals surface area (Å²) in [6.45, 7) is 12.8. The number of thioether (sulfide) groups is 1. The molecule has 0 spiro atoms. The van der Waals surface area contributed by atoms with Crippen molar-refractivity contribution < 1.29 is 9.90 Å². The summed E-state index contributed by atoms with van der Waals surface area (Å²) in [5, 5.41) is 15.5. The number of hydrogen-bond acceptors (Lipinski definition) is 7. The maximum Gasteiger partial charge on any atom is 0.132 e. The summed E-state index contributed by atoms with van der Waals surface area (Å²) in [7, 11) is 1.00. The Bertz CT molecular complexity index is 731. The number of aldehydes is 1. The van der Waals surface area contributed by atoms with Crippen molar-refractivity contribution in [1.29, 1.82) is 0 Å². The molecule has 3 N–H and O–H groups in total. The van der Waals surface area contributed by atoms with Crippen molar-refractivity contribution in [2.75, 3.05) is 24.6 Å². The van der Waals surface area contributed by atoms with E-state index in [1.54, 1.807) is 11.8 Å². The molecule has 7 heteroatoms. The Morgan fingerprint density at radius 1 is 1.11 bits per heavy atom. The number of rotatable bonds is 8. The number of fused-ring (bicyclic) bond motifs is 1. The van der Waals surface area contributed by atoms with Crippen LogP contribution in [-0.4, -0.2) is 49.7 Å². The molecule has 0 aliphatic heterocycles. The van der Waals surface area contributed by atoms with E-state index in [2.05, 4.69) is 78.8 Å². The summed E-state index contributed by atoms with van der Waals surface area (Å²) in [6, 6.07) is 12.8. The lowest BCUT2D eigenvalue weighted by Crippen LogP contribution is -2.30. The van der Waals surface area contributed by atoms with Gasteiger partial charge >= 0.3 is 0 Å². The Morgan fingerprint density at radius 2 is 1.68 bits per heavy atom. The van der Waals surface area contributed by atoms with Gasteiger partial charge in [0.2, 0.25) is 0 Å². The number of nitrogens with two attached hydrogens (primary N) is 1. The Morgan fingerprint density at radius 3 is 2.14 bits per heavy atom. The Balaban J connectivity index is 0.00000108. The van der Waals surface area contributed by atoms with Gasteiger partial charge in [-0.3, -0.25) is 0 Å². The van der Waals surface area contributed by atoms with Crippen LogP contribution in [0.1, 0.15) is 32.3 Å². The van der Waals surface area contributed by atoms with E-state index in [9.17, 15) is 4.79 Å². The molecule has 1 unspecified atom stereocenters. The number of benzene rings is 2. The Hall–Kier alpha value is -2.22. The molecule has 0 saturated carbocycles. The van der Waals surface area contributed by atoms with Gasteiger partial charge in [0.25, 0.3) is 0 Å². The molecule has 2 rings (SSSR count). The molecular formula is C21H32N4O2S.